The lowest BCUT2D eigenvalue weighted by molar-refractivity contribution is -0.0201. The average Bonchev–Trinajstić information content (AvgIpc) is 2.54. The molecule has 0 amide bonds. The number of nitrogens with zero attached hydrogens (tertiary/aromatic N) is 1. The summed E-state index contributed by atoms with van der Waals surface area (Å²) in [6.07, 6.45) is 3.33. The van der Waals surface area contributed by atoms with Gasteiger partial charge in [0.2, 0.25) is 0 Å². The van der Waals surface area contributed by atoms with Crippen LogP contribution in [0.25, 0.3) is 10.8 Å². The van der Waals surface area contributed by atoms with Crippen LogP contribution < -0.4 is 0 Å². The summed E-state index contributed by atoms with van der Waals surface area (Å²) in [4.78, 5) is 2.45. The molecular weight excluding hydrogens is 258 g/mol. The summed E-state index contributed by atoms with van der Waals surface area (Å²) < 4.78 is 0. The number of piperidine rings is 1. The normalized spacial score (nSPS) is 18.8. The van der Waals surface area contributed by atoms with Crippen molar-refractivity contribution in [1.29, 1.82) is 0 Å². The van der Waals surface area contributed by atoms with Gasteiger partial charge in [0.25, 0.3) is 0 Å². The van der Waals surface area contributed by atoms with Gasteiger partial charge in [0.15, 0.2) is 0 Å². The third kappa shape index (κ3) is 2.70. The highest BCUT2D eigenvalue weighted by Crippen LogP contribution is 2.36. The second kappa shape index (κ2) is 5.78. The molecule has 3 rings (SSSR count). The minimum atomic E-state index is -0.471. The monoisotopic (exact) mass is 283 g/mol. The molecule has 0 aliphatic carbocycles. The van der Waals surface area contributed by atoms with Crippen LogP contribution in [0.1, 0.15) is 44.8 Å². The van der Waals surface area contributed by atoms with Crippen molar-refractivity contribution < 1.29 is 5.11 Å². The second-order valence-corrected chi connectivity index (χ2v) is 6.67. The quantitative estimate of drug-likeness (QED) is 0.915. The molecule has 1 N–H and O–H groups in total. The summed E-state index contributed by atoms with van der Waals surface area (Å²) in [5, 5.41) is 13.4. The lowest BCUT2D eigenvalue weighted by Crippen LogP contribution is -2.50. The highest BCUT2D eigenvalue weighted by molar-refractivity contribution is 5.86. The lowest BCUT2D eigenvalue weighted by Gasteiger charge is -2.44. The van der Waals surface area contributed by atoms with E-state index in [9.17, 15) is 5.11 Å². The Morgan fingerprint density at radius 1 is 0.952 bits per heavy atom. The van der Waals surface area contributed by atoms with E-state index in [1.807, 2.05) is 18.2 Å². The van der Waals surface area contributed by atoms with E-state index >= 15 is 0 Å². The molecule has 1 aliphatic rings. The highest BCUT2D eigenvalue weighted by atomic mass is 16.3. The van der Waals surface area contributed by atoms with E-state index in [4.69, 9.17) is 0 Å². The van der Waals surface area contributed by atoms with Crippen LogP contribution >= 0.6 is 0 Å². The van der Waals surface area contributed by atoms with Crippen LogP contribution in [-0.2, 0) is 0 Å². The summed E-state index contributed by atoms with van der Waals surface area (Å²) in [6, 6.07) is 14.5. The number of likely N-dealkylation sites (tertiary alicyclic amines) is 1. The molecule has 2 nitrogen and oxygen atoms in total. The number of hydrogen-bond acceptors (Lipinski definition) is 2. The van der Waals surface area contributed by atoms with E-state index in [0.29, 0.717) is 0 Å². The first-order chi connectivity index (χ1) is 10.1. The van der Waals surface area contributed by atoms with Crippen LogP contribution in [-0.4, -0.2) is 28.6 Å². The summed E-state index contributed by atoms with van der Waals surface area (Å²) in [7, 11) is 0. The van der Waals surface area contributed by atoms with Crippen LogP contribution in [0.4, 0.5) is 0 Å². The van der Waals surface area contributed by atoms with Crippen molar-refractivity contribution in [3.63, 3.8) is 0 Å². The predicted octanol–water partition coefficient (Wildman–Crippen LogP) is 4.14. The van der Waals surface area contributed by atoms with Gasteiger partial charge < -0.3 is 5.11 Å². The number of hydrogen-bond donors (Lipinski definition) is 1. The van der Waals surface area contributed by atoms with Crippen LogP contribution in [0.5, 0.6) is 0 Å². The smallest absolute Gasteiger partial charge is 0.0974 e. The summed E-state index contributed by atoms with van der Waals surface area (Å²) in [5.74, 6) is 0. The van der Waals surface area contributed by atoms with Crippen molar-refractivity contribution in [2.75, 3.05) is 13.1 Å². The van der Waals surface area contributed by atoms with Gasteiger partial charge in [-0.2, -0.15) is 0 Å². The van der Waals surface area contributed by atoms with E-state index < -0.39 is 6.10 Å². The summed E-state index contributed by atoms with van der Waals surface area (Å²) in [6.45, 7) is 6.53. The maximum absolute atomic E-state index is 11.1. The maximum atomic E-state index is 11.1. The number of aliphatic hydroxyl groups is 1. The first-order valence-electron chi connectivity index (χ1n) is 8.01. The van der Waals surface area contributed by atoms with Gasteiger partial charge in [-0.25, -0.2) is 0 Å². The van der Waals surface area contributed by atoms with E-state index in [1.165, 1.54) is 24.6 Å². The van der Waals surface area contributed by atoms with E-state index in [-0.39, 0.29) is 5.54 Å². The number of fused-ring (bicyclic) bond motifs is 1. The molecule has 1 heterocycles. The number of benzene rings is 2. The molecule has 1 atom stereocenters. The van der Waals surface area contributed by atoms with Gasteiger partial charge >= 0.3 is 0 Å². The zero-order valence-electron chi connectivity index (χ0n) is 13.0. The molecule has 2 aromatic carbocycles. The van der Waals surface area contributed by atoms with Crippen molar-refractivity contribution in [2.24, 2.45) is 0 Å². The van der Waals surface area contributed by atoms with Crippen LogP contribution in [0.15, 0.2) is 42.5 Å². The molecule has 2 heteroatoms. The molecule has 1 fully saturated rings. The highest BCUT2D eigenvalue weighted by Gasteiger charge is 2.36. The Morgan fingerprint density at radius 2 is 1.62 bits per heavy atom. The largest absolute Gasteiger partial charge is 0.386 e. The van der Waals surface area contributed by atoms with Crippen LogP contribution in [0.3, 0.4) is 0 Å². The standard InChI is InChI=1S/C19H25NO/c1-19(2,20-13-6-3-7-14-20)18(21)17-12-8-10-15-9-4-5-11-16(15)17/h4-5,8-12,18,21H,3,6-7,13-14H2,1-2H3. The molecule has 112 valence electrons. The average molecular weight is 283 g/mol. The third-order valence-electron chi connectivity index (χ3n) is 4.96. The molecule has 2 aromatic rings. The van der Waals surface area contributed by atoms with E-state index in [0.717, 1.165) is 24.0 Å². The van der Waals surface area contributed by atoms with Crippen LogP contribution in [0.2, 0.25) is 0 Å². The van der Waals surface area contributed by atoms with Crippen molar-refractivity contribution in [2.45, 2.75) is 44.8 Å². The van der Waals surface area contributed by atoms with Gasteiger partial charge in [0.1, 0.15) is 0 Å². The fraction of sp³-hybridized carbons (Fsp3) is 0.474. The minimum absolute atomic E-state index is 0.232. The Kier molecular flexibility index (Phi) is 4.01. The van der Waals surface area contributed by atoms with Crippen molar-refractivity contribution in [1.82, 2.24) is 4.90 Å². The fourth-order valence-corrected chi connectivity index (χ4v) is 3.51. The zero-order valence-corrected chi connectivity index (χ0v) is 13.0. The molecule has 1 unspecified atom stereocenters. The topological polar surface area (TPSA) is 23.5 Å². The molecule has 0 radical (unpaired) electrons. The molecule has 0 bridgehead atoms. The third-order valence-corrected chi connectivity index (χ3v) is 4.96. The van der Waals surface area contributed by atoms with E-state index in [1.54, 1.807) is 0 Å². The van der Waals surface area contributed by atoms with Gasteiger partial charge in [-0.1, -0.05) is 48.9 Å². The molecule has 0 spiro atoms. The lowest BCUT2D eigenvalue weighted by atomic mass is 9.86. The van der Waals surface area contributed by atoms with E-state index in [2.05, 4.69) is 43.0 Å². The zero-order chi connectivity index (χ0) is 14.9. The number of rotatable bonds is 3. The SMILES string of the molecule is CC(C)(C(O)c1cccc2ccccc12)N1CCCCC1. The van der Waals surface area contributed by atoms with Gasteiger partial charge in [-0.05, 0) is 56.1 Å². The molecule has 21 heavy (non-hydrogen) atoms. The van der Waals surface area contributed by atoms with Gasteiger partial charge in [0, 0.05) is 5.54 Å². The second-order valence-electron chi connectivity index (χ2n) is 6.67. The summed E-state index contributed by atoms with van der Waals surface area (Å²) >= 11 is 0. The summed E-state index contributed by atoms with van der Waals surface area (Å²) in [5.41, 5.74) is 0.813. The van der Waals surface area contributed by atoms with Crippen molar-refractivity contribution in [3.8, 4) is 0 Å². The van der Waals surface area contributed by atoms with Crippen molar-refractivity contribution >= 4 is 10.8 Å². The Labute approximate surface area is 127 Å². The van der Waals surface area contributed by atoms with Gasteiger partial charge in [-0.3, -0.25) is 4.90 Å². The molecule has 0 saturated carbocycles. The maximum Gasteiger partial charge on any atom is 0.0974 e. The van der Waals surface area contributed by atoms with Gasteiger partial charge in [-0.15, -0.1) is 0 Å². The van der Waals surface area contributed by atoms with Crippen LogP contribution in [0, 0.1) is 0 Å². The molecular formula is C19H25NO. The number of aliphatic hydroxyl groups excluding tert-OH is 1. The fourth-order valence-electron chi connectivity index (χ4n) is 3.51. The Hall–Kier alpha value is -1.38. The van der Waals surface area contributed by atoms with Gasteiger partial charge in [0.05, 0.1) is 6.10 Å². The Bertz CT molecular complexity index is 608. The first kappa shape index (κ1) is 14.6. The van der Waals surface area contributed by atoms with Crippen molar-refractivity contribution in [3.05, 3.63) is 48.0 Å². The Morgan fingerprint density at radius 3 is 2.38 bits per heavy atom. The first-order valence-corrected chi connectivity index (χ1v) is 8.01. The Balaban J connectivity index is 1.97. The minimum Gasteiger partial charge on any atom is -0.386 e. The predicted molar refractivity (Wildman–Crippen MR) is 88.4 cm³/mol. The molecule has 1 saturated heterocycles. The molecule has 0 aromatic heterocycles. The molecule has 1 aliphatic heterocycles.